The van der Waals surface area contributed by atoms with E-state index in [0.29, 0.717) is 55.3 Å². The van der Waals surface area contributed by atoms with Crippen LogP contribution >= 0.6 is 0 Å². The minimum absolute atomic E-state index is 0.0881. The number of nitrogens with two attached hydrogens (primary N) is 1. The summed E-state index contributed by atoms with van der Waals surface area (Å²) in [5.41, 5.74) is 7.35. The Morgan fingerprint density at radius 1 is 1.00 bits per heavy atom. The van der Waals surface area contributed by atoms with Crippen LogP contribution < -0.4 is 16.4 Å². The molecule has 44 heavy (non-hydrogen) atoms. The number of hydrogen-bond acceptors (Lipinski definition) is 6. The van der Waals surface area contributed by atoms with Gasteiger partial charge in [0.1, 0.15) is 23.3 Å². The standard InChI is InChI=1S/C30H31F4N7O3/c1-29(2,3)44-28(43)40-12-10-18(11-13-40)24-15-21(25-26(35)36-16-37-41(24)25)17-4-7-20(8-5-17)38-27(42)39-23-14-19(30(32,33)34)6-9-22(23)31/h4-9,14-16,18H,10-13H2,1-3H3,(H2,35,36,37)(H2,38,39,42). The Morgan fingerprint density at radius 3 is 2.32 bits per heavy atom. The molecule has 3 amide bonds. The van der Waals surface area contributed by atoms with Crippen LogP contribution in [0.4, 0.5) is 44.3 Å². The van der Waals surface area contributed by atoms with E-state index in [1.807, 2.05) is 26.8 Å². The Morgan fingerprint density at radius 2 is 1.68 bits per heavy atom. The zero-order valence-electron chi connectivity index (χ0n) is 24.2. The van der Waals surface area contributed by atoms with Gasteiger partial charge in [0.2, 0.25) is 0 Å². The lowest BCUT2D eigenvalue weighted by Gasteiger charge is -2.33. The van der Waals surface area contributed by atoms with Gasteiger partial charge >= 0.3 is 18.3 Å². The monoisotopic (exact) mass is 613 g/mol. The van der Waals surface area contributed by atoms with Crippen molar-refractivity contribution >= 4 is 34.8 Å². The predicted molar refractivity (Wildman–Crippen MR) is 157 cm³/mol. The molecule has 0 bridgehead atoms. The van der Waals surface area contributed by atoms with Gasteiger partial charge in [-0.2, -0.15) is 18.3 Å². The van der Waals surface area contributed by atoms with Gasteiger partial charge in [0.25, 0.3) is 0 Å². The summed E-state index contributed by atoms with van der Waals surface area (Å²) in [6.07, 6.45) is -2.26. The fourth-order valence-corrected chi connectivity index (χ4v) is 5.10. The summed E-state index contributed by atoms with van der Waals surface area (Å²) >= 11 is 0. The number of likely N-dealkylation sites (tertiary alicyclic amines) is 1. The molecule has 0 aliphatic carbocycles. The van der Waals surface area contributed by atoms with E-state index in [9.17, 15) is 27.2 Å². The average Bonchev–Trinajstić information content (AvgIpc) is 3.34. The van der Waals surface area contributed by atoms with Gasteiger partial charge in [0.05, 0.1) is 11.3 Å². The van der Waals surface area contributed by atoms with Crippen LogP contribution in [0.2, 0.25) is 0 Å². The number of urea groups is 1. The molecule has 0 radical (unpaired) electrons. The van der Waals surface area contributed by atoms with Gasteiger partial charge in [-0.1, -0.05) is 12.1 Å². The number of rotatable bonds is 4. The highest BCUT2D eigenvalue weighted by molar-refractivity contribution is 6.00. The maximum Gasteiger partial charge on any atom is 0.416 e. The van der Waals surface area contributed by atoms with Crippen LogP contribution in [-0.4, -0.2) is 50.3 Å². The third-order valence-corrected chi connectivity index (χ3v) is 7.17. The molecule has 10 nitrogen and oxygen atoms in total. The van der Waals surface area contributed by atoms with E-state index < -0.39 is 34.9 Å². The SMILES string of the molecule is CC(C)(C)OC(=O)N1CCC(c2cc(-c3ccc(NC(=O)Nc4cc(C(F)(F)F)ccc4F)cc3)c3c(N)ncnn23)CC1. The second-order valence-electron chi connectivity index (χ2n) is 11.5. The second-order valence-corrected chi connectivity index (χ2v) is 11.5. The number of nitrogens with one attached hydrogen (secondary N) is 2. The number of nitrogen functional groups attached to an aromatic ring is 1. The highest BCUT2D eigenvalue weighted by Crippen LogP contribution is 2.37. The van der Waals surface area contributed by atoms with Crippen molar-refractivity contribution in [2.24, 2.45) is 0 Å². The highest BCUT2D eigenvalue weighted by Gasteiger charge is 2.32. The van der Waals surface area contributed by atoms with Crippen molar-refractivity contribution in [2.75, 3.05) is 29.5 Å². The highest BCUT2D eigenvalue weighted by atomic mass is 19.4. The Bertz CT molecular complexity index is 1690. The van der Waals surface area contributed by atoms with Crippen LogP contribution in [0.1, 0.15) is 50.8 Å². The first-order valence-electron chi connectivity index (χ1n) is 13.8. The van der Waals surface area contributed by atoms with Crippen LogP contribution in [0, 0.1) is 5.82 Å². The summed E-state index contributed by atoms with van der Waals surface area (Å²) in [5, 5.41) is 9.05. The molecule has 5 rings (SSSR count). The largest absolute Gasteiger partial charge is 0.444 e. The molecular formula is C30H31F4N7O3. The van der Waals surface area contributed by atoms with Gasteiger partial charge in [0, 0.05) is 36.0 Å². The maximum absolute atomic E-state index is 14.1. The number of amides is 3. The lowest BCUT2D eigenvalue weighted by Crippen LogP contribution is -2.41. The molecule has 2 aromatic carbocycles. The molecule has 1 aliphatic heterocycles. The number of alkyl halides is 3. The second kappa shape index (κ2) is 11.7. The van der Waals surface area contributed by atoms with Crippen molar-refractivity contribution in [1.82, 2.24) is 19.5 Å². The number of aromatic nitrogens is 3. The van der Waals surface area contributed by atoms with Gasteiger partial charge in [-0.25, -0.2) is 23.5 Å². The topological polar surface area (TPSA) is 127 Å². The van der Waals surface area contributed by atoms with Crippen molar-refractivity contribution in [1.29, 1.82) is 0 Å². The summed E-state index contributed by atoms with van der Waals surface area (Å²) in [6, 6.07) is 9.50. The van der Waals surface area contributed by atoms with Crippen LogP contribution in [0.15, 0.2) is 54.9 Å². The first-order valence-corrected chi connectivity index (χ1v) is 13.8. The van der Waals surface area contributed by atoms with Gasteiger partial charge in [-0.15, -0.1) is 0 Å². The Hall–Kier alpha value is -4.88. The van der Waals surface area contributed by atoms with Gasteiger partial charge in [-0.3, -0.25) is 0 Å². The molecule has 0 saturated carbocycles. The van der Waals surface area contributed by atoms with Crippen molar-refractivity contribution < 1.29 is 31.9 Å². The molecule has 0 spiro atoms. The van der Waals surface area contributed by atoms with E-state index in [-0.39, 0.29) is 17.8 Å². The van der Waals surface area contributed by atoms with E-state index in [0.717, 1.165) is 16.8 Å². The molecule has 0 unspecified atom stereocenters. The zero-order valence-corrected chi connectivity index (χ0v) is 24.2. The summed E-state index contributed by atoms with van der Waals surface area (Å²) in [6.45, 7) is 6.53. The fourth-order valence-electron chi connectivity index (χ4n) is 5.10. The number of carbonyl (C=O) groups is 2. The first kappa shape index (κ1) is 30.6. The van der Waals surface area contributed by atoms with Gasteiger partial charge < -0.3 is 26.0 Å². The summed E-state index contributed by atoms with van der Waals surface area (Å²) in [4.78, 5) is 30.8. The van der Waals surface area contributed by atoms with E-state index in [1.165, 1.54) is 6.33 Å². The molecule has 232 valence electrons. The summed E-state index contributed by atoms with van der Waals surface area (Å²) < 4.78 is 60.3. The molecule has 0 atom stereocenters. The molecule has 2 aromatic heterocycles. The smallest absolute Gasteiger partial charge is 0.416 e. The molecular weight excluding hydrogens is 582 g/mol. The van der Waals surface area contributed by atoms with E-state index in [4.69, 9.17) is 10.5 Å². The van der Waals surface area contributed by atoms with E-state index in [1.54, 1.807) is 33.7 Å². The lowest BCUT2D eigenvalue weighted by molar-refractivity contribution is -0.137. The number of nitrogens with zero attached hydrogens (tertiary/aromatic N) is 4. The molecule has 14 heteroatoms. The summed E-state index contributed by atoms with van der Waals surface area (Å²) in [5.74, 6) is -0.641. The van der Waals surface area contributed by atoms with Crippen LogP contribution in [0.5, 0.6) is 0 Å². The number of anilines is 3. The van der Waals surface area contributed by atoms with Crippen molar-refractivity contribution in [3.63, 3.8) is 0 Å². The summed E-state index contributed by atoms with van der Waals surface area (Å²) in [7, 11) is 0. The Kier molecular flexibility index (Phi) is 8.10. The third kappa shape index (κ3) is 6.68. The number of halogens is 4. The van der Waals surface area contributed by atoms with Crippen LogP contribution in [0.25, 0.3) is 16.6 Å². The normalized spacial score (nSPS) is 14.5. The number of benzene rings is 2. The Balaban J connectivity index is 1.32. The minimum Gasteiger partial charge on any atom is -0.444 e. The zero-order chi connectivity index (χ0) is 31.8. The molecule has 4 N–H and O–H groups in total. The maximum atomic E-state index is 14.1. The van der Waals surface area contributed by atoms with Crippen molar-refractivity contribution in [3.8, 4) is 11.1 Å². The lowest BCUT2D eigenvalue weighted by atomic mass is 9.93. The quantitative estimate of drug-likeness (QED) is 0.215. The van der Waals surface area contributed by atoms with Crippen LogP contribution in [-0.2, 0) is 10.9 Å². The van der Waals surface area contributed by atoms with Gasteiger partial charge in [-0.05, 0) is 75.6 Å². The number of ether oxygens (including phenoxy) is 1. The fraction of sp³-hybridized carbons (Fsp3) is 0.333. The average molecular weight is 614 g/mol. The van der Waals surface area contributed by atoms with E-state index >= 15 is 0 Å². The third-order valence-electron chi connectivity index (χ3n) is 7.17. The van der Waals surface area contributed by atoms with E-state index in [2.05, 4.69) is 20.7 Å². The van der Waals surface area contributed by atoms with Gasteiger partial charge in [0.15, 0.2) is 5.82 Å². The number of carbonyl (C=O) groups excluding carboxylic acids is 2. The Labute approximate surface area is 250 Å². The van der Waals surface area contributed by atoms with Crippen molar-refractivity contribution in [2.45, 2.75) is 51.3 Å². The van der Waals surface area contributed by atoms with Crippen LogP contribution in [0.3, 0.4) is 0 Å². The molecule has 1 saturated heterocycles. The number of hydrogen-bond donors (Lipinski definition) is 3. The first-order chi connectivity index (χ1) is 20.7. The number of piperidine rings is 1. The predicted octanol–water partition coefficient (Wildman–Crippen LogP) is 6.89. The molecule has 4 aromatic rings. The molecule has 1 aliphatic rings. The molecule has 1 fully saturated rings. The minimum atomic E-state index is -4.69. The number of fused-ring (bicyclic) bond motifs is 1. The molecule has 3 heterocycles. The van der Waals surface area contributed by atoms with Crippen molar-refractivity contribution in [3.05, 3.63) is 71.9 Å².